The minimum Gasteiger partial charge on any atom is -0.269 e. The van der Waals surface area contributed by atoms with Crippen LogP contribution in [-0.2, 0) is 10.0 Å². The standard InChI is InChI=1S/C14H13BrFNO2S/c1-10-5-3-4-6-14(10)17(2)20(18,19)11-7-8-12(15)13(16)9-11/h3-9H,1-2H3. The number of sulfonamides is 1. The van der Waals surface area contributed by atoms with Gasteiger partial charge in [-0.3, -0.25) is 4.31 Å². The van der Waals surface area contributed by atoms with Gasteiger partial charge in [0.1, 0.15) is 5.82 Å². The van der Waals surface area contributed by atoms with Crippen molar-refractivity contribution in [3.63, 3.8) is 0 Å². The molecule has 0 fully saturated rings. The lowest BCUT2D eigenvalue weighted by atomic mass is 10.2. The summed E-state index contributed by atoms with van der Waals surface area (Å²) in [7, 11) is -2.33. The third-order valence-electron chi connectivity index (χ3n) is 3.00. The van der Waals surface area contributed by atoms with Gasteiger partial charge in [0.2, 0.25) is 0 Å². The number of para-hydroxylation sites is 1. The predicted molar refractivity (Wildman–Crippen MR) is 80.9 cm³/mol. The molecule has 2 aromatic rings. The summed E-state index contributed by atoms with van der Waals surface area (Å²) in [6.45, 7) is 1.82. The molecule has 0 aliphatic heterocycles. The SMILES string of the molecule is Cc1ccccc1N(C)S(=O)(=O)c1ccc(Br)c(F)c1. The van der Waals surface area contributed by atoms with E-state index in [1.165, 1.54) is 19.2 Å². The van der Waals surface area contributed by atoms with Gasteiger partial charge in [0.25, 0.3) is 10.0 Å². The van der Waals surface area contributed by atoms with Crippen molar-refractivity contribution in [3.05, 3.63) is 58.3 Å². The van der Waals surface area contributed by atoms with Crippen LogP contribution in [-0.4, -0.2) is 15.5 Å². The number of anilines is 1. The maximum Gasteiger partial charge on any atom is 0.264 e. The van der Waals surface area contributed by atoms with E-state index < -0.39 is 15.8 Å². The Morgan fingerprint density at radius 3 is 2.40 bits per heavy atom. The van der Waals surface area contributed by atoms with E-state index in [1.807, 2.05) is 19.1 Å². The van der Waals surface area contributed by atoms with Crippen LogP contribution in [0.4, 0.5) is 10.1 Å². The largest absolute Gasteiger partial charge is 0.269 e. The second-order valence-corrected chi connectivity index (χ2v) is 7.16. The summed E-state index contributed by atoms with van der Waals surface area (Å²) in [6.07, 6.45) is 0. The number of hydrogen-bond donors (Lipinski definition) is 0. The monoisotopic (exact) mass is 357 g/mol. The van der Waals surface area contributed by atoms with E-state index in [4.69, 9.17) is 0 Å². The lowest BCUT2D eigenvalue weighted by Crippen LogP contribution is -2.27. The van der Waals surface area contributed by atoms with Crippen LogP contribution < -0.4 is 4.31 Å². The summed E-state index contributed by atoms with van der Waals surface area (Å²) in [5.41, 5.74) is 1.40. The molecule has 20 heavy (non-hydrogen) atoms. The highest BCUT2D eigenvalue weighted by molar-refractivity contribution is 9.10. The summed E-state index contributed by atoms with van der Waals surface area (Å²) >= 11 is 3.01. The van der Waals surface area contributed by atoms with Gasteiger partial charge in [-0.1, -0.05) is 18.2 Å². The topological polar surface area (TPSA) is 37.4 Å². The van der Waals surface area contributed by atoms with E-state index in [1.54, 1.807) is 12.1 Å². The Morgan fingerprint density at radius 2 is 1.80 bits per heavy atom. The summed E-state index contributed by atoms with van der Waals surface area (Å²) in [5.74, 6) is -0.607. The summed E-state index contributed by atoms with van der Waals surface area (Å²) in [6, 6.07) is 10.9. The number of nitrogens with zero attached hydrogens (tertiary/aromatic N) is 1. The van der Waals surface area contributed by atoms with Gasteiger partial charge in [-0.2, -0.15) is 0 Å². The smallest absolute Gasteiger partial charge is 0.264 e. The molecule has 106 valence electrons. The molecule has 0 unspecified atom stereocenters. The highest BCUT2D eigenvalue weighted by Gasteiger charge is 2.23. The van der Waals surface area contributed by atoms with Crippen molar-refractivity contribution in [2.45, 2.75) is 11.8 Å². The highest BCUT2D eigenvalue weighted by Crippen LogP contribution is 2.26. The maximum atomic E-state index is 13.5. The van der Waals surface area contributed by atoms with Crippen molar-refractivity contribution in [2.24, 2.45) is 0 Å². The average molecular weight is 358 g/mol. The first-order valence-corrected chi connectivity index (χ1v) is 8.07. The Hall–Kier alpha value is -1.40. The number of benzene rings is 2. The molecule has 3 nitrogen and oxygen atoms in total. The normalized spacial score (nSPS) is 11.4. The Labute approximate surface area is 126 Å². The quantitative estimate of drug-likeness (QED) is 0.839. The second-order valence-electron chi connectivity index (χ2n) is 4.33. The third-order valence-corrected chi connectivity index (χ3v) is 5.41. The van der Waals surface area contributed by atoms with Crippen molar-refractivity contribution in [1.29, 1.82) is 0 Å². The van der Waals surface area contributed by atoms with Crippen molar-refractivity contribution < 1.29 is 12.8 Å². The average Bonchev–Trinajstić information content (AvgIpc) is 2.41. The number of rotatable bonds is 3. The van der Waals surface area contributed by atoms with Gasteiger partial charge in [-0.15, -0.1) is 0 Å². The van der Waals surface area contributed by atoms with E-state index >= 15 is 0 Å². The molecule has 2 aromatic carbocycles. The van der Waals surface area contributed by atoms with Gasteiger partial charge in [-0.05, 0) is 52.7 Å². The van der Waals surface area contributed by atoms with Crippen molar-refractivity contribution >= 4 is 31.6 Å². The van der Waals surface area contributed by atoms with Gasteiger partial charge in [0, 0.05) is 7.05 Å². The zero-order valence-corrected chi connectivity index (χ0v) is 13.4. The van der Waals surface area contributed by atoms with Gasteiger partial charge >= 0.3 is 0 Å². The first-order valence-electron chi connectivity index (χ1n) is 5.83. The van der Waals surface area contributed by atoms with E-state index in [0.717, 1.165) is 15.9 Å². The van der Waals surface area contributed by atoms with Gasteiger partial charge in [-0.25, -0.2) is 12.8 Å². The number of aryl methyl sites for hydroxylation is 1. The zero-order chi connectivity index (χ0) is 14.9. The molecule has 0 aliphatic carbocycles. The van der Waals surface area contributed by atoms with E-state index in [0.29, 0.717) is 5.69 Å². The molecule has 0 saturated carbocycles. The van der Waals surface area contributed by atoms with Gasteiger partial charge in [0.15, 0.2) is 0 Å². The second kappa shape index (κ2) is 5.54. The van der Waals surface area contributed by atoms with E-state index in [2.05, 4.69) is 15.9 Å². The van der Waals surface area contributed by atoms with Crippen LogP contribution in [0.3, 0.4) is 0 Å². The molecule has 0 radical (unpaired) electrons. The molecule has 0 amide bonds. The molecule has 0 heterocycles. The lowest BCUT2D eigenvalue weighted by Gasteiger charge is -2.21. The molecule has 0 aliphatic rings. The molecule has 0 bridgehead atoms. The van der Waals surface area contributed by atoms with Crippen LogP contribution in [0.5, 0.6) is 0 Å². The van der Waals surface area contributed by atoms with Crippen molar-refractivity contribution in [3.8, 4) is 0 Å². The summed E-state index contributed by atoms with van der Waals surface area (Å²) in [5, 5.41) is 0. The van der Waals surface area contributed by atoms with Crippen LogP contribution >= 0.6 is 15.9 Å². The van der Waals surface area contributed by atoms with E-state index in [-0.39, 0.29) is 9.37 Å². The predicted octanol–water partition coefficient (Wildman–Crippen LogP) is 3.72. The lowest BCUT2D eigenvalue weighted by molar-refractivity contribution is 0.588. The fraction of sp³-hybridized carbons (Fsp3) is 0.143. The Kier molecular flexibility index (Phi) is 4.15. The first kappa shape index (κ1) is 15.0. The molecule has 2 rings (SSSR count). The number of hydrogen-bond acceptors (Lipinski definition) is 2. The first-order chi connectivity index (χ1) is 9.34. The molecule has 0 N–H and O–H groups in total. The minimum atomic E-state index is -3.78. The Morgan fingerprint density at radius 1 is 1.15 bits per heavy atom. The van der Waals surface area contributed by atoms with Crippen LogP contribution in [0.25, 0.3) is 0 Å². The molecule has 0 spiro atoms. The fourth-order valence-corrected chi connectivity index (χ4v) is 3.36. The molecule has 0 atom stereocenters. The van der Waals surface area contributed by atoms with Crippen molar-refractivity contribution in [2.75, 3.05) is 11.4 Å². The minimum absolute atomic E-state index is 0.0797. The summed E-state index contributed by atoms with van der Waals surface area (Å²) < 4.78 is 39.9. The molecule has 6 heteroatoms. The van der Waals surface area contributed by atoms with Crippen LogP contribution in [0.2, 0.25) is 0 Å². The van der Waals surface area contributed by atoms with E-state index in [9.17, 15) is 12.8 Å². The highest BCUT2D eigenvalue weighted by atomic mass is 79.9. The molecule has 0 aromatic heterocycles. The van der Waals surface area contributed by atoms with Gasteiger partial charge in [0.05, 0.1) is 15.1 Å². The van der Waals surface area contributed by atoms with Crippen LogP contribution in [0, 0.1) is 12.7 Å². The van der Waals surface area contributed by atoms with Crippen LogP contribution in [0.15, 0.2) is 51.8 Å². The molecular weight excluding hydrogens is 345 g/mol. The molecule has 0 saturated heterocycles. The van der Waals surface area contributed by atoms with Crippen molar-refractivity contribution in [1.82, 2.24) is 0 Å². The fourth-order valence-electron chi connectivity index (χ4n) is 1.84. The van der Waals surface area contributed by atoms with Crippen LogP contribution in [0.1, 0.15) is 5.56 Å². The number of halogens is 2. The Balaban J connectivity index is 2.50. The maximum absolute atomic E-state index is 13.5. The summed E-state index contributed by atoms with van der Waals surface area (Å²) in [4.78, 5) is -0.0797. The van der Waals surface area contributed by atoms with Gasteiger partial charge < -0.3 is 0 Å². The Bertz CT molecular complexity index is 747. The molecular formula is C14H13BrFNO2S. The third kappa shape index (κ3) is 2.71. The zero-order valence-electron chi connectivity index (χ0n) is 11.0.